The summed E-state index contributed by atoms with van der Waals surface area (Å²) in [7, 11) is 0. The molecule has 0 aromatic heterocycles. The van der Waals surface area contributed by atoms with Gasteiger partial charge in [0.25, 0.3) is 0 Å². The first-order valence-corrected chi connectivity index (χ1v) is 10.5. The molecule has 31 heavy (non-hydrogen) atoms. The third-order valence-electron chi connectivity index (χ3n) is 3.53. The van der Waals surface area contributed by atoms with E-state index in [9.17, 15) is 4.79 Å². The van der Waals surface area contributed by atoms with Crippen LogP contribution >= 0.6 is 0 Å². The normalized spacial score (nSPS) is 11.5. The molecule has 0 spiro atoms. The highest BCUT2D eigenvalue weighted by atomic mass is 16.6. The quantitative estimate of drug-likeness (QED) is 0.207. The zero-order valence-electron chi connectivity index (χ0n) is 18.9. The molecule has 0 saturated heterocycles. The van der Waals surface area contributed by atoms with E-state index in [2.05, 4.69) is 0 Å². The molecule has 0 saturated carbocycles. The van der Waals surface area contributed by atoms with Crippen molar-refractivity contribution in [1.82, 2.24) is 0 Å². The van der Waals surface area contributed by atoms with Crippen LogP contribution in [-0.2, 0) is 33.2 Å². The number of hydrogen-bond acceptors (Lipinski definition) is 9. The molecule has 0 aliphatic rings. The molecule has 0 heterocycles. The highest BCUT2D eigenvalue weighted by molar-refractivity contribution is 5.71. The Hall–Kier alpha value is -1.91. The van der Waals surface area contributed by atoms with E-state index in [-0.39, 0.29) is 12.6 Å². The number of carbonyl (C=O) groups excluding carboxylic acids is 1. The van der Waals surface area contributed by atoms with Crippen molar-refractivity contribution in [3.8, 4) is 5.75 Å². The molecule has 1 aromatic rings. The average molecular weight is 444 g/mol. The standard InChI is InChI=1S/C22H37NO8/c1-22(2,3)31-21(24)18-29-15-14-27-11-10-25-8-9-26-12-13-28-16-17-30-20-7-5-4-6-19(20)23/h4-7H,8-18,23H2,1-3H3. The Bertz CT molecular complexity index is 591. The van der Waals surface area contributed by atoms with Crippen LogP contribution < -0.4 is 10.5 Å². The summed E-state index contributed by atoms with van der Waals surface area (Å²) in [5.74, 6) is 0.281. The molecule has 1 rings (SSSR count). The Labute approximate surface area is 185 Å². The Morgan fingerprint density at radius 3 is 1.68 bits per heavy atom. The Morgan fingerprint density at radius 2 is 1.19 bits per heavy atom. The van der Waals surface area contributed by atoms with Crippen molar-refractivity contribution >= 4 is 11.7 Å². The smallest absolute Gasteiger partial charge is 0.332 e. The van der Waals surface area contributed by atoms with Crippen molar-refractivity contribution in [2.45, 2.75) is 26.4 Å². The second kappa shape index (κ2) is 16.7. The van der Waals surface area contributed by atoms with Crippen molar-refractivity contribution in [1.29, 1.82) is 0 Å². The van der Waals surface area contributed by atoms with Crippen LogP contribution in [0.2, 0.25) is 0 Å². The van der Waals surface area contributed by atoms with Gasteiger partial charge in [-0.2, -0.15) is 0 Å². The predicted octanol–water partition coefficient (Wildman–Crippen LogP) is 2.07. The number of nitrogen functional groups attached to an aromatic ring is 1. The van der Waals surface area contributed by atoms with Gasteiger partial charge in [-0.1, -0.05) is 12.1 Å². The first-order valence-electron chi connectivity index (χ1n) is 10.5. The lowest BCUT2D eigenvalue weighted by molar-refractivity contribution is -0.160. The van der Waals surface area contributed by atoms with Gasteiger partial charge in [-0.3, -0.25) is 0 Å². The van der Waals surface area contributed by atoms with E-state index >= 15 is 0 Å². The van der Waals surface area contributed by atoms with E-state index in [0.29, 0.717) is 77.5 Å². The van der Waals surface area contributed by atoms with Gasteiger partial charge in [0.05, 0.1) is 65.1 Å². The summed E-state index contributed by atoms with van der Waals surface area (Å²) >= 11 is 0. The fraction of sp³-hybridized carbons (Fsp3) is 0.682. The summed E-state index contributed by atoms with van der Waals surface area (Å²) in [6, 6.07) is 7.35. The maximum atomic E-state index is 11.4. The molecule has 9 heteroatoms. The highest BCUT2D eigenvalue weighted by Gasteiger charge is 2.15. The van der Waals surface area contributed by atoms with Crippen LogP contribution in [0, 0.1) is 0 Å². The van der Waals surface area contributed by atoms with Crippen molar-refractivity contribution in [2.75, 3.05) is 78.4 Å². The second-order valence-corrected chi connectivity index (χ2v) is 7.47. The van der Waals surface area contributed by atoms with E-state index in [4.69, 9.17) is 38.9 Å². The monoisotopic (exact) mass is 443 g/mol. The number of ether oxygens (including phenoxy) is 7. The Morgan fingerprint density at radius 1 is 0.742 bits per heavy atom. The summed E-state index contributed by atoms with van der Waals surface area (Å²) in [5, 5.41) is 0. The molecule has 0 radical (unpaired) electrons. The third kappa shape index (κ3) is 16.5. The van der Waals surface area contributed by atoms with Crippen molar-refractivity contribution in [3.05, 3.63) is 24.3 Å². The number of hydrogen-bond donors (Lipinski definition) is 1. The van der Waals surface area contributed by atoms with Gasteiger partial charge in [0.2, 0.25) is 0 Å². The maximum absolute atomic E-state index is 11.4. The first-order chi connectivity index (χ1) is 14.9. The third-order valence-corrected chi connectivity index (χ3v) is 3.53. The molecule has 9 nitrogen and oxygen atoms in total. The molecule has 0 fully saturated rings. The van der Waals surface area contributed by atoms with Gasteiger partial charge in [0.15, 0.2) is 0 Å². The van der Waals surface area contributed by atoms with Crippen molar-refractivity contribution in [3.63, 3.8) is 0 Å². The fourth-order valence-corrected chi connectivity index (χ4v) is 2.23. The maximum Gasteiger partial charge on any atom is 0.332 e. The molecule has 1 aromatic carbocycles. The van der Waals surface area contributed by atoms with Crippen LogP contribution in [0.1, 0.15) is 20.8 Å². The summed E-state index contributed by atoms with van der Waals surface area (Å²) in [5.41, 5.74) is 5.90. The molecule has 2 N–H and O–H groups in total. The molecule has 0 amide bonds. The number of anilines is 1. The van der Waals surface area contributed by atoms with Crippen LogP contribution in [0.25, 0.3) is 0 Å². The fourth-order valence-electron chi connectivity index (χ4n) is 2.23. The predicted molar refractivity (Wildman–Crippen MR) is 116 cm³/mol. The van der Waals surface area contributed by atoms with E-state index < -0.39 is 5.60 Å². The van der Waals surface area contributed by atoms with Gasteiger partial charge in [0, 0.05) is 0 Å². The average Bonchev–Trinajstić information content (AvgIpc) is 2.70. The highest BCUT2D eigenvalue weighted by Crippen LogP contribution is 2.19. The number of benzene rings is 1. The van der Waals surface area contributed by atoms with Gasteiger partial charge in [0.1, 0.15) is 24.6 Å². The van der Waals surface area contributed by atoms with Crippen LogP contribution in [0.4, 0.5) is 5.69 Å². The van der Waals surface area contributed by atoms with Crippen LogP contribution in [0.5, 0.6) is 5.75 Å². The number of carbonyl (C=O) groups is 1. The van der Waals surface area contributed by atoms with Gasteiger partial charge >= 0.3 is 5.97 Å². The largest absolute Gasteiger partial charge is 0.489 e. The van der Waals surface area contributed by atoms with Gasteiger partial charge in [-0.05, 0) is 32.9 Å². The number of nitrogens with two attached hydrogens (primary N) is 1. The zero-order chi connectivity index (χ0) is 22.8. The van der Waals surface area contributed by atoms with E-state index in [1.54, 1.807) is 6.07 Å². The number of esters is 1. The number of para-hydroxylation sites is 2. The van der Waals surface area contributed by atoms with Gasteiger partial charge in [-0.25, -0.2) is 4.79 Å². The molecule has 0 aliphatic carbocycles. The summed E-state index contributed by atoms with van der Waals surface area (Å²) in [6.45, 7) is 9.83. The molecule has 0 atom stereocenters. The topological polar surface area (TPSA) is 108 Å². The van der Waals surface area contributed by atoms with Gasteiger partial charge in [-0.15, -0.1) is 0 Å². The molecular formula is C22H37NO8. The SMILES string of the molecule is CC(C)(C)OC(=O)COCCOCCOCCOCCOCCOc1ccccc1N. The summed E-state index contributed by atoms with van der Waals surface area (Å²) < 4.78 is 37.5. The minimum absolute atomic E-state index is 0.0765. The minimum Gasteiger partial charge on any atom is -0.489 e. The van der Waals surface area contributed by atoms with Crippen molar-refractivity contribution in [2.24, 2.45) is 0 Å². The Balaban J connectivity index is 1.76. The van der Waals surface area contributed by atoms with Crippen LogP contribution in [0.15, 0.2) is 24.3 Å². The van der Waals surface area contributed by atoms with Crippen LogP contribution in [0.3, 0.4) is 0 Å². The Kier molecular flexibility index (Phi) is 14.6. The zero-order valence-corrected chi connectivity index (χ0v) is 18.9. The molecule has 0 aliphatic heterocycles. The van der Waals surface area contributed by atoms with E-state index in [1.807, 2.05) is 39.0 Å². The van der Waals surface area contributed by atoms with Crippen molar-refractivity contribution < 1.29 is 38.0 Å². The van der Waals surface area contributed by atoms with Gasteiger partial charge < -0.3 is 38.9 Å². The lowest BCUT2D eigenvalue weighted by Gasteiger charge is -2.19. The first kappa shape index (κ1) is 27.1. The second-order valence-electron chi connectivity index (χ2n) is 7.47. The lowest BCUT2D eigenvalue weighted by Crippen LogP contribution is -2.27. The molecular weight excluding hydrogens is 406 g/mol. The minimum atomic E-state index is -0.502. The summed E-state index contributed by atoms with van der Waals surface area (Å²) in [6.07, 6.45) is 0. The van der Waals surface area contributed by atoms with E-state index in [1.165, 1.54) is 0 Å². The molecule has 0 unspecified atom stereocenters. The molecule has 0 bridgehead atoms. The van der Waals surface area contributed by atoms with E-state index in [0.717, 1.165) is 0 Å². The summed E-state index contributed by atoms with van der Waals surface area (Å²) in [4.78, 5) is 11.4. The molecule has 178 valence electrons. The lowest BCUT2D eigenvalue weighted by atomic mass is 10.2. The van der Waals surface area contributed by atoms with Crippen LogP contribution in [-0.4, -0.2) is 84.2 Å². The number of rotatable bonds is 18.